The molecular weight excluding hydrogens is 308 g/mol. The number of amides is 1. The minimum absolute atomic E-state index is 0.0733. The zero-order chi connectivity index (χ0) is 21.1. The number of hydrogen-bond acceptors (Lipinski definition) is 2. The molecule has 0 fully saturated rings. The number of nitrogens with two attached hydrogens (primary N) is 1. The predicted molar refractivity (Wildman–Crippen MR) is 117 cm³/mol. The first-order valence-corrected chi connectivity index (χ1v) is 9.85. The molecule has 0 radical (unpaired) electrons. The van der Waals surface area contributed by atoms with Crippen LogP contribution >= 0.6 is 0 Å². The van der Waals surface area contributed by atoms with E-state index < -0.39 is 0 Å². The molecule has 0 aromatic heterocycles. The second-order valence-electron chi connectivity index (χ2n) is 6.37. The largest absolute Gasteiger partial charge is 0.354 e. The Kier molecular flexibility index (Phi) is 26.5. The molecule has 0 heterocycles. The maximum atomic E-state index is 11.7. The van der Waals surface area contributed by atoms with Crippen LogP contribution in [0.3, 0.4) is 0 Å². The van der Waals surface area contributed by atoms with Gasteiger partial charge in [0.25, 0.3) is 0 Å². The van der Waals surface area contributed by atoms with E-state index in [1.807, 2.05) is 61.5 Å². The number of carbonyl (C=O) groups is 1. The monoisotopic (exact) mass is 356 g/mol. The zero-order valence-electron chi connectivity index (χ0n) is 19.4. The normalized spacial score (nSPS) is 10.0. The van der Waals surface area contributed by atoms with Crippen LogP contribution in [0.2, 0.25) is 0 Å². The lowest BCUT2D eigenvalue weighted by Gasteiger charge is -2.23. The number of allylic oxidation sites excluding steroid dienone is 4. The van der Waals surface area contributed by atoms with Crippen molar-refractivity contribution >= 4 is 5.91 Å². The molecule has 1 amide bonds. The zero-order valence-corrected chi connectivity index (χ0v) is 19.4. The molecule has 0 rings (SSSR count). The van der Waals surface area contributed by atoms with E-state index in [0.29, 0.717) is 13.1 Å². The fourth-order valence-electron chi connectivity index (χ4n) is 1.66. The fourth-order valence-corrected chi connectivity index (χ4v) is 1.66. The second kappa shape index (κ2) is 21.0. The van der Waals surface area contributed by atoms with Crippen molar-refractivity contribution in [3.05, 3.63) is 22.8 Å². The van der Waals surface area contributed by atoms with Crippen molar-refractivity contribution in [2.24, 2.45) is 11.1 Å². The lowest BCUT2D eigenvalue weighted by molar-refractivity contribution is -0.129. The van der Waals surface area contributed by atoms with Gasteiger partial charge >= 0.3 is 0 Å². The molecule has 25 heavy (non-hydrogen) atoms. The molecule has 0 saturated carbocycles. The minimum Gasteiger partial charge on any atom is -0.354 e. The molecule has 0 unspecified atom stereocenters. The van der Waals surface area contributed by atoms with Crippen LogP contribution in [0.5, 0.6) is 0 Å². The third-order valence-electron chi connectivity index (χ3n) is 3.64. The van der Waals surface area contributed by atoms with Gasteiger partial charge in [-0.05, 0) is 47.5 Å². The van der Waals surface area contributed by atoms with Crippen molar-refractivity contribution in [3.8, 4) is 0 Å². The molecule has 0 aromatic carbocycles. The van der Waals surface area contributed by atoms with Gasteiger partial charge in [-0.15, -0.1) is 0 Å². The van der Waals surface area contributed by atoms with E-state index >= 15 is 0 Å². The highest BCUT2D eigenvalue weighted by Crippen LogP contribution is 2.24. The number of nitrogens with one attached hydrogen (secondary N) is 1. The molecule has 3 nitrogen and oxygen atoms in total. The Morgan fingerprint density at radius 1 is 1.04 bits per heavy atom. The van der Waals surface area contributed by atoms with Gasteiger partial charge in [0.15, 0.2) is 0 Å². The lowest BCUT2D eigenvalue weighted by Crippen LogP contribution is -2.39. The van der Waals surface area contributed by atoms with Gasteiger partial charge in [-0.3, -0.25) is 4.79 Å². The van der Waals surface area contributed by atoms with Crippen molar-refractivity contribution in [1.82, 2.24) is 5.32 Å². The van der Waals surface area contributed by atoms with Crippen LogP contribution < -0.4 is 11.1 Å². The van der Waals surface area contributed by atoms with Gasteiger partial charge < -0.3 is 11.1 Å². The van der Waals surface area contributed by atoms with Gasteiger partial charge in [-0.2, -0.15) is 0 Å². The topological polar surface area (TPSA) is 55.1 Å². The van der Waals surface area contributed by atoms with Crippen molar-refractivity contribution in [3.63, 3.8) is 0 Å². The molecule has 0 aliphatic rings. The van der Waals surface area contributed by atoms with Gasteiger partial charge in [0.1, 0.15) is 0 Å². The Morgan fingerprint density at radius 3 is 1.72 bits per heavy atom. The molecule has 0 saturated heterocycles. The van der Waals surface area contributed by atoms with Gasteiger partial charge in [0.05, 0.1) is 0 Å². The first-order valence-electron chi connectivity index (χ1n) is 9.85. The van der Waals surface area contributed by atoms with Gasteiger partial charge in [0.2, 0.25) is 5.91 Å². The van der Waals surface area contributed by atoms with Crippen LogP contribution in [-0.2, 0) is 4.79 Å². The summed E-state index contributed by atoms with van der Waals surface area (Å²) in [7, 11) is 0. The molecule has 152 valence electrons. The summed E-state index contributed by atoms with van der Waals surface area (Å²) in [6.07, 6.45) is 4.03. The molecule has 3 N–H and O–H groups in total. The molecule has 0 bridgehead atoms. The first kappa shape index (κ1) is 31.7. The van der Waals surface area contributed by atoms with E-state index in [9.17, 15) is 4.79 Å². The lowest BCUT2D eigenvalue weighted by atomic mass is 9.85. The SMILES string of the molecule is C/C=C(\C)CC(C)(C)C(=O)NCCN.CC.CC.CCC(C)=C(C)C. The summed E-state index contributed by atoms with van der Waals surface area (Å²) >= 11 is 0. The standard InChI is InChI=1S/C11H22N2O.C7H14.2C2H6/c1-5-9(2)8-11(3,4)10(14)13-7-6-12;1-5-7(4)6(2)3;2*1-2/h5H,6-8,12H2,1-4H3,(H,13,14);5H2,1-4H3;2*1-2H3/b9-5+;;;. The maximum absolute atomic E-state index is 11.7. The second-order valence-corrected chi connectivity index (χ2v) is 6.37. The molecule has 3 heteroatoms. The molecule has 0 atom stereocenters. The maximum Gasteiger partial charge on any atom is 0.226 e. The van der Waals surface area contributed by atoms with E-state index in [4.69, 9.17) is 5.73 Å². The summed E-state index contributed by atoms with van der Waals surface area (Å²) in [6.45, 7) is 25.6. The van der Waals surface area contributed by atoms with E-state index in [1.165, 1.54) is 23.1 Å². The van der Waals surface area contributed by atoms with Crippen molar-refractivity contribution in [1.29, 1.82) is 0 Å². The smallest absolute Gasteiger partial charge is 0.226 e. The van der Waals surface area contributed by atoms with Crippen molar-refractivity contribution in [2.75, 3.05) is 13.1 Å². The summed E-state index contributed by atoms with van der Waals surface area (Å²) in [5.41, 5.74) is 9.19. The summed E-state index contributed by atoms with van der Waals surface area (Å²) in [6, 6.07) is 0. The first-order chi connectivity index (χ1) is 11.6. The van der Waals surface area contributed by atoms with E-state index in [-0.39, 0.29) is 11.3 Å². The number of rotatable bonds is 6. The summed E-state index contributed by atoms with van der Waals surface area (Å²) in [5.74, 6) is 0.0733. The van der Waals surface area contributed by atoms with Crippen LogP contribution in [0.15, 0.2) is 22.8 Å². The molecular formula is C22H48N2O. The van der Waals surface area contributed by atoms with Crippen LogP contribution in [0, 0.1) is 5.41 Å². The predicted octanol–water partition coefficient (Wildman–Crippen LogP) is 6.25. The number of carbonyl (C=O) groups excluding carboxylic acids is 1. The Bertz CT molecular complexity index is 362. The fraction of sp³-hybridized carbons (Fsp3) is 0.773. The van der Waals surface area contributed by atoms with Crippen molar-refractivity contribution in [2.45, 2.75) is 95.9 Å². The molecule has 0 aromatic rings. The Labute approximate surface area is 159 Å². The van der Waals surface area contributed by atoms with Crippen LogP contribution in [0.1, 0.15) is 95.9 Å². The number of hydrogen-bond donors (Lipinski definition) is 2. The summed E-state index contributed by atoms with van der Waals surface area (Å²) in [4.78, 5) is 11.7. The minimum atomic E-state index is -0.342. The molecule has 0 aliphatic carbocycles. The third-order valence-corrected chi connectivity index (χ3v) is 3.64. The Balaban J connectivity index is -0.000000168. The van der Waals surface area contributed by atoms with E-state index in [1.54, 1.807) is 0 Å². The van der Waals surface area contributed by atoms with Crippen LogP contribution in [0.25, 0.3) is 0 Å². The van der Waals surface area contributed by atoms with Crippen LogP contribution in [-0.4, -0.2) is 19.0 Å². The Hall–Kier alpha value is -1.09. The summed E-state index contributed by atoms with van der Waals surface area (Å²) in [5, 5.41) is 2.81. The third kappa shape index (κ3) is 20.9. The van der Waals surface area contributed by atoms with Crippen LogP contribution in [0.4, 0.5) is 0 Å². The van der Waals surface area contributed by atoms with Gasteiger partial charge in [-0.1, -0.05) is 71.3 Å². The van der Waals surface area contributed by atoms with E-state index in [2.05, 4.69) is 33.0 Å². The highest BCUT2D eigenvalue weighted by atomic mass is 16.2. The van der Waals surface area contributed by atoms with Gasteiger partial charge in [0, 0.05) is 18.5 Å². The highest BCUT2D eigenvalue weighted by molar-refractivity contribution is 5.82. The Morgan fingerprint density at radius 2 is 1.48 bits per heavy atom. The van der Waals surface area contributed by atoms with Crippen molar-refractivity contribution < 1.29 is 4.79 Å². The molecule has 0 spiro atoms. The van der Waals surface area contributed by atoms with E-state index in [0.717, 1.165) is 6.42 Å². The average molecular weight is 357 g/mol. The molecule has 0 aliphatic heterocycles. The summed E-state index contributed by atoms with van der Waals surface area (Å²) < 4.78 is 0. The van der Waals surface area contributed by atoms with Gasteiger partial charge in [-0.25, -0.2) is 0 Å². The average Bonchev–Trinajstić information content (AvgIpc) is 2.62. The quantitative estimate of drug-likeness (QED) is 0.553. The highest BCUT2D eigenvalue weighted by Gasteiger charge is 2.26.